The number of rotatable bonds is 13. The number of nitrogens with two attached hydrogens (primary N) is 1. The van der Waals surface area contributed by atoms with E-state index in [-0.39, 0.29) is 5.28 Å². The summed E-state index contributed by atoms with van der Waals surface area (Å²) >= 11 is 5.96. The Labute approximate surface area is 158 Å². The minimum absolute atomic E-state index is 0.140. The third-order valence-electron chi connectivity index (χ3n) is 3.31. The zero-order valence-electron chi connectivity index (χ0n) is 14.7. The molecule has 2 aromatic rings. The van der Waals surface area contributed by atoms with E-state index < -0.39 is 0 Å². The van der Waals surface area contributed by atoms with Crippen LogP contribution in [0, 0.1) is 0 Å². The van der Waals surface area contributed by atoms with Crippen molar-refractivity contribution in [2.45, 2.75) is 6.42 Å². The van der Waals surface area contributed by atoms with Crippen LogP contribution in [0.15, 0.2) is 30.3 Å². The lowest BCUT2D eigenvalue weighted by Gasteiger charge is -2.09. The first-order valence-corrected chi connectivity index (χ1v) is 8.94. The molecule has 26 heavy (non-hydrogen) atoms. The van der Waals surface area contributed by atoms with Gasteiger partial charge in [0.15, 0.2) is 0 Å². The minimum Gasteiger partial charge on any atom is -0.378 e. The second-order valence-corrected chi connectivity index (χ2v) is 5.69. The zero-order chi connectivity index (χ0) is 18.5. The average molecular weight is 381 g/mol. The lowest BCUT2D eigenvalue weighted by atomic mass is 10.1. The van der Waals surface area contributed by atoms with Crippen LogP contribution in [-0.4, -0.2) is 61.0 Å². The van der Waals surface area contributed by atoms with Gasteiger partial charge in [0.25, 0.3) is 0 Å². The van der Waals surface area contributed by atoms with Gasteiger partial charge in [-0.3, -0.25) is 0 Å². The predicted molar refractivity (Wildman–Crippen MR) is 103 cm³/mol. The Kier molecular flexibility index (Phi) is 9.66. The molecular weight excluding hydrogens is 356 g/mol. The molecule has 0 bridgehead atoms. The number of nitrogens with zero attached hydrogens (tertiary/aromatic N) is 3. The van der Waals surface area contributed by atoms with Gasteiger partial charge in [-0.1, -0.05) is 30.3 Å². The van der Waals surface area contributed by atoms with E-state index in [1.165, 1.54) is 5.56 Å². The molecule has 4 N–H and O–H groups in total. The van der Waals surface area contributed by atoms with Gasteiger partial charge in [-0.15, -0.1) is 0 Å². The van der Waals surface area contributed by atoms with Crippen LogP contribution in [0.1, 0.15) is 5.56 Å². The van der Waals surface area contributed by atoms with E-state index in [9.17, 15) is 0 Å². The summed E-state index contributed by atoms with van der Waals surface area (Å²) < 4.78 is 10.6. The average Bonchev–Trinajstić information content (AvgIpc) is 2.64. The molecule has 8 nitrogen and oxygen atoms in total. The van der Waals surface area contributed by atoms with E-state index >= 15 is 0 Å². The van der Waals surface area contributed by atoms with Crippen molar-refractivity contribution in [3.63, 3.8) is 0 Å². The van der Waals surface area contributed by atoms with Gasteiger partial charge in [0, 0.05) is 19.6 Å². The molecule has 0 unspecified atom stereocenters. The fourth-order valence-electron chi connectivity index (χ4n) is 2.11. The second kappa shape index (κ2) is 12.4. The van der Waals surface area contributed by atoms with Crippen LogP contribution in [-0.2, 0) is 15.9 Å². The van der Waals surface area contributed by atoms with E-state index in [1.54, 1.807) is 0 Å². The minimum atomic E-state index is 0.140. The summed E-state index contributed by atoms with van der Waals surface area (Å²) in [6.45, 7) is 3.88. The van der Waals surface area contributed by atoms with Crippen molar-refractivity contribution >= 4 is 23.5 Å². The molecule has 0 atom stereocenters. The van der Waals surface area contributed by atoms with Crippen molar-refractivity contribution in [1.82, 2.24) is 15.0 Å². The number of anilines is 2. The molecule has 2 rings (SSSR count). The van der Waals surface area contributed by atoms with Gasteiger partial charge in [-0.25, -0.2) is 0 Å². The lowest BCUT2D eigenvalue weighted by Crippen LogP contribution is -2.16. The molecule has 0 fully saturated rings. The Bertz CT molecular complexity index is 632. The number of benzene rings is 1. The Hall–Kier alpha value is -2.00. The summed E-state index contributed by atoms with van der Waals surface area (Å²) in [5.41, 5.74) is 6.57. The maximum absolute atomic E-state index is 5.96. The highest BCUT2D eigenvalue weighted by molar-refractivity contribution is 6.28. The summed E-state index contributed by atoms with van der Waals surface area (Å²) in [7, 11) is 0. The van der Waals surface area contributed by atoms with E-state index in [0.717, 1.165) is 6.42 Å². The van der Waals surface area contributed by atoms with Crippen molar-refractivity contribution in [3.05, 3.63) is 41.2 Å². The van der Waals surface area contributed by atoms with Gasteiger partial charge in [-0.05, 0) is 23.6 Å². The predicted octanol–water partition coefficient (Wildman–Crippen LogP) is 1.58. The van der Waals surface area contributed by atoms with Crippen LogP contribution in [0.4, 0.5) is 11.9 Å². The Morgan fingerprint density at radius 1 is 0.846 bits per heavy atom. The maximum atomic E-state index is 5.96. The molecule has 0 aliphatic rings. The zero-order valence-corrected chi connectivity index (χ0v) is 15.4. The number of hydrogen-bond acceptors (Lipinski definition) is 8. The van der Waals surface area contributed by atoms with Crippen molar-refractivity contribution < 1.29 is 9.47 Å². The first-order chi connectivity index (χ1) is 12.8. The van der Waals surface area contributed by atoms with Gasteiger partial charge >= 0.3 is 0 Å². The highest BCUT2D eigenvalue weighted by Crippen LogP contribution is 2.09. The van der Waals surface area contributed by atoms with Gasteiger partial charge < -0.3 is 25.8 Å². The van der Waals surface area contributed by atoms with Crippen molar-refractivity contribution in [2.75, 3.05) is 56.7 Å². The fraction of sp³-hybridized carbons (Fsp3) is 0.471. The normalized spacial score (nSPS) is 10.7. The molecule has 0 saturated carbocycles. The number of ether oxygens (including phenoxy) is 2. The van der Waals surface area contributed by atoms with E-state index in [4.69, 9.17) is 26.8 Å². The van der Waals surface area contributed by atoms with Gasteiger partial charge in [-0.2, -0.15) is 15.0 Å². The number of nitrogens with one attached hydrogen (secondary N) is 2. The SMILES string of the molecule is NCCOCCOCCNc1nc(Cl)nc(NCCc2ccccc2)n1. The first-order valence-electron chi connectivity index (χ1n) is 8.56. The molecule has 142 valence electrons. The number of hydrogen-bond donors (Lipinski definition) is 3. The van der Waals surface area contributed by atoms with Crippen LogP contribution < -0.4 is 16.4 Å². The largest absolute Gasteiger partial charge is 0.378 e. The molecule has 1 aromatic heterocycles. The molecule has 1 heterocycles. The molecule has 0 aliphatic carbocycles. The van der Waals surface area contributed by atoms with Crippen LogP contribution in [0.25, 0.3) is 0 Å². The summed E-state index contributed by atoms with van der Waals surface area (Å²) in [6.07, 6.45) is 0.868. The molecule has 9 heteroatoms. The smallest absolute Gasteiger partial charge is 0.228 e. The first kappa shape index (κ1) is 20.3. The van der Waals surface area contributed by atoms with Crippen LogP contribution in [0.2, 0.25) is 5.28 Å². The quantitative estimate of drug-likeness (QED) is 0.449. The van der Waals surface area contributed by atoms with Crippen molar-refractivity contribution in [1.29, 1.82) is 0 Å². The summed E-state index contributed by atoms with van der Waals surface area (Å²) in [5, 5.41) is 6.36. The Morgan fingerprint density at radius 3 is 2.19 bits per heavy atom. The summed E-state index contributed by atoms with van der Waals surface area (Å²) in [5.74, 6) is 0.856. The topological polar surface area (TPSA) is 107 Å². The third kappa shape index (κ3) is 8.39. The molecule has 1 aromatic carbocycles. The molecular formula is C17H25ClN6O2. The van der Waals surface area contributed by atoms with Crippen molar-refractivity contribution in [3.8, 4) is 0 Å². The van der Waals surface area contributed by atoms with E-state index in [2.05, 4.69) is 37.7 Å². The molecule has 0 saturated heterocycles. The maximum Gasteiger partial charge on any atom is 0.228 e. The third-order valence-corrected chi connectivity index (χ3v) is 3.48. The second-order valence-electron chi connectivity index (χ2n) is 5.35. The molecule has 0 spiro atoms. The van der Waals surface area contributed by atoms with Crippen LogP contribution in [0.5, 0.6) is 0 Å². The fourth-order valence-corrected chi connectivity index (χ4v) is 2.27. The lowest BCUT2D eigenvalue weighted by molar-refractivity contribution is 0.0547. The monoisotopic (exact) mass is 380 g/mol. The number of halogens is 1. The molecule has 0 radical (unpaired) electrons. The van der Waals surface area contributed by atoms with Gasteiger partial charge in [0.2, 0.25) is 17.2 Å². The Morgan fingerprint density at radius 2 is 1.50 bits per heavy atom. The summed E-state index contributed by atoms with van der Waals surface area (Å²) in [6, 6.07) is 10.2. The van der Waals surface area contributed by atoms with Crippen LogP contribution in [0.3, 0.4) is 0 Å². The summed E-state index contributed by atoms with van der Waals surface area (Å²) in [4.78, 5) is 12.4. The van der Waals surface area contributed by atoms with E-state index in [1.807, 2.05) is 18.2 Å². The highest BCUT2D eigenvalue weighted by atomic mass is 35.5. The van der Waals surface area contributed by atoms with Crippen LogP contribution >= 0.6 is 11.6 Å². The molecule has 0 amide bonds. The van der Waals surface area contributed by atoms with Gasteiger partial charge in [0.1, 0.15) is 0 Å². The molecule has 0 aliphatic heterocycles. The van der Waals surface area contributed by atoms with E-state index in [0.29, 0.717) is 58.0 Å². The van der Waals surface area contributed by atoms with Gasteiger partial charge in [0.05, 0.1) is 26.4 Å². The van der Waals surface area contributed by atoms with Crippen molar-refractivity contribution in [2.24, 2.45) is 5.73 Å². The standard InChI is InChI=1S/C17H25ClN6O2/c18-15-22-16(20-8-6-14-4-2-1-3-5-14)24-17(23-15)21-9-11-26-13-12-25-10-7-19/h1-5H,6-13,19H2,(H2,20,21,22,23,24). The number of aromatic nitrogens is 3. The Balaban J connectivity index is 1.67. The highest BCUT2D eigenvalue weighted by Gasteiger charge is 2.04.